The Hall–Kier alpha value is -1.46. The largest absolute Gasteiger partial charge is 0.495 e. The fourth-order valence-corrected chi connectivity index (χ4v) is 2.22. The molecule has 18 heavy (non-hydrogen) atoms. The zero-order valence-corrected chi connectivity index (χ0v) is 11.7. The van der Waals surface area contributed by atoms with Crippen molar-refractivity contribution in [3.8, 4) is 11.4 Å². The summed E-state index contributed by atoms with van der Waals surface area (Å²) >= 11 is 9.18. The maximum absolute atomic E-state index is 11.1. The average Bonchev–Trinajstić information content (AvgIpc) is 2.72. The number of halogens is 2. The van der Waals surface area contributed by atoms with Crippen LogP contribution in [0.15, 0.2) is 34.9 Å². The van der Waals surface area contributed by atoms with Crippen LogP contribution in [-0.4, -0.2) is 22.8 Å². The van der Waals surface area contributed by atoms with Crippen molar-refractivity contribution in [2.75, 3.05) is 7.11 Å². The van der Waals surface area contributed by atoms with Gasteiger partial charge in [-0.3, -0.25) is 0 Å². The molecule has 2 rings (SSSR count). The molecule has 6 heteroatoms. The summed E-state index contributed by atoms with van der Waals surface area (Å²) < 4.78 is 7.47. The average molecular weight is 331 g/mol. The highest BCUT2D eigenvalue weighted by atomic mass is 79.9. The minimum atomic E-state index is -1.04. The normalized spacial score (nSPS) is 10.4. The number of carboxylic acids is 1. The van der Waals surface area contributed by atoms with E-state index in [1.54, 1.807) is 31.5 Å². The Morgan fingerprint density at radius 2 is 2.17 bits per heavy atom. The molecule has 0 aliphatic heterocycles. The molecule has 0 amide bonds. The van der Waals surface area contributed by atoms with Crippen LogP contribution in [0.3, 0.4) is 0 Å². The number of nitrogens with zero attached hydrogens (tertiary/aromatic N) is 1. The molecule has 1 aromatic carbocycles. The molecule has 4 nitrogen and oxygen atoms in total. The molecule has 0 aliphatic carbocycles. The third kappa shape index (κ3) is 2.37. The van der Waals surface area contributed by atoms with Crippen LogP contribution >= 0.6 is 27.5 Å². The van der Waals surface area contributed by atoms with Crippen molar-refractivity contribution in [3.05, 3.63) is 45.7 Å². The van der Waals surface area contributed by atoms with Gasteiger partial charge in [0.05, 0.1) is 16.6 Å². The lowest BCUT2D eigenvalue weighted by molar-refractivity contribution is 0.0688. The van der Waals surface area contributed by atoms with Crippen LogP contribution < -0.4 is 4.74 Å². The summed E-state index contributed by atoms with van der Waals surface area (Å²) in [5.74, 6) is -0.419. The molecule has 1 heterocycles. The van der Waals surface area contributed by atoms with Gasteiger partial charge in [0, 0.05) is 18.0 Å². The number of aromatic nitrogens is 1. The first-order valence-corrected chi connectivity index (χ1v) is 6.15. The van der Waals surface area contributed by atoms with E-state index in [9.17, 15) is 4.79 Å². The fraction of sp³-hybridized carbons (Fsp3) is 0.0833. The van der Waals surface area contributed by atoms with Crippen molar-refractivity contribution in [2.24, 2.45) is 0 Å². The van der Waals surface area contributed by atoms with Gasteiger partial charge in [0.15, 0.2) is 0 Å². The number of aromatic carboxylic acids is 1. The van der Waals surface area contributed by atoms with Crippen LogP contribution in [-0.2, 0) is 0 Å². The lowest BCUT2D eigenvalue weighted by Gasteiger charge is -2.09. The highest BCUT2D eigenvalue weighted by Crippen LogP contribution is 2.29. The number of carbonyl (C=O) groups is 1. The van der Waals surface area contributed by atoms with E-state index in [2.05, 4.69) is 15.9 Å². The summed E-state index contributed by atoms with van der Waals surface area (Å²) in [5, 5.41) is 9.47. The zero-order chi connectivity index (χ0) is 13.3. The lowest BCUT2D eigenvalue weighted by atomic mass is 10.3. The van der Waals surface area contributed by atoms with Crippen LogP contribution in [0.25, 0.3) is 5.69 Å². The van der Waals surface area contributed by atoms with Crippen LogP contribution in [0.2, 0.25) is 5.02 Å². The predicted molar refractivity (Wildman–Crippen MR) is 72.0 cm³/mol. The standard InChI is InChI=1S/C12H9BrClNO3/c1-18-11-5-8(2-3-9(11)13)15-6-7(14)4-10(15)12(16)17/h2-6H,1H3,(H,16,17). The summed E-state index contributed by atoms with van der Waals surface area (Å²) in [6, 6.07) is 6.69. The van der Waals surface area contributed by atoms with E-state index in [0.717, 1.165) is 4.47 Å². The van der Waals surface area contributed by atoms with Crippen LogP contribution in [0.1, 0.15) is 10.5 Å². The monoisotopic (exact) mass is 329 g/mol. The van der Waals surface area contributed by atoms with E-state index < -0.39 is 5.97 Å². The van der Waals surface area contributed by atoms with E-state index in [-0.39, 0.29) is 5.69 Å². The quantitative estimate of drug-likeness (QED) is 0.935. The number of methoxy groups -OCH3 is 1. The number of hydrogen-bond acceptors (Lipinski definition) is 2. The van der Waals surface area contributed by atoms with Gasteiger partial charge in [-0.15, -0.1) is 0 Å². The Kier molecular flexibility index (Phi) is 3.63. The Labute approximate surface area is 117 Å². The molecular formula is C12H9BrClNO3. The summed E-state index contributed by atoms with van der Waals surface area (Å²) in [5.41, 5.74) is 0.767. The van der Waals surface area contributed by atoms with Gasteiger partial charge in [0.2, 0.25) is 0 Å². The highest BCUT2D eigenvalue weighted by Gasteiger charge is 2.14. The fourth-order valence-electron chi connectivity index (χ4n) is 1.61. The van der Waals surface area contributed by atoms with E-state index in [1.165, 1.54) is 10.6 Å². The van der Waals surface area contributed by atoms with Crippen molar-refractivity contribution < 1.29 is 14.6 Å². The van der Waals surface area contributed by atoms with Gasteiger partial charge in [-0.05, 0) is 34.1 Å². The molecule has 2 aromatic rings. The van der Waals surface area contributed by atoms with Crippen molar-refractivity contribution in [1.29, 1.82) is 0 Å². The number of hydrogen-bond donors (Lipinski definition) is 1. The SMILES string of the molecule is COc1cc(-n2cc(Cl)cc2C(=O)O)ccc1Br. The predicted octanol–water partition coefficient (Wildman–Crippen LogP) is 3.60. The molecule has 0 bridgehead atoms. The highest BCUT2D eigenvalue weighted by molar-refractivity contribution is 9.10. The van der Waals surface area contributed by atoms with Gasteiger partial charge in [-0.25, -0.2) is 4.79 Å². The Bertz CT molecular complexity index is 609. The first-order chi connectivity index (χ1) is 8.52. The molecule has 0 radical (unpaired) electrons. The molecule has 0 unspecified atom stereocenters. The molecule has 0 aliphatic rings. The minimum absolute atomic E-state index is 0.101. The second kappa shape index (κ2) is 5.04. The smallest absolute Gasteiger partial charge is 0.352 e. The second-order valence-electron chi connectivity index (χ2n) is 3.54. The van der Waals surface area contributed by atoms with Crippen molar-refractivity contribution in [1.82, 2.24) is 4.57 Å². The molecule has 0 atom stereocenters. The van der Waals surface area contributed by atoms with E-state index in [4.69, 9.17) is 21.4 Å². The zero-order valence-electron chi connectivity index (χ0n) is 9.35. The van der Waals surface area contributed by atoms with Crippen LogP contribution in [0.5, 0.6) is 5.75 Å². The Balaban J connectivity index is 2.58. The number of ether oxygens (including phenoxy) is 1. The van der Waals surface area contributed by atoms with Gasteiger partial charge in [-0.2, -0.15) is 0 Å². The van der Waals surface area contributed by atoms with E-state index in [1.807, 2.05) is 0 Å². The second-order valence-corrected chi connectivity index (χ2v) is 4.83. The van der Waals surface area contributed by atoms with E-state index in [0.29, 0.717) is 16.5 Å². The molecule has 0 saturated heterocycles. The van der Waals surface area contributed by atoms with Crippen molar-refractivity contribution >= 4 is 33.5 Å². The van der Waals surface area contributed by atoms with Crippen LogP contribution in [0, 0.1) is 0 Å². The van der Waals surface area contributed by atoms with Gasteiger partial charge >= 0.3 is 5.97 Å². The van der Waals surface area contributed by atoms with Gasteiger partial charge in [-0.1, -0.05) is 11.6 Å². The van der Waals surface area contributed by atoms with Gasteiger partial charge in [0.1, 0.15) is 11.4 Å². The third-order valence-electron chi connectivity index (χ3n) is 2.42. The maximum Gasteiger partial charge on any atom is 0.352 e. The minimum Gasteiger partial charge on any atom is -0.495 e. The number of benzene rings is 1. The van der Waals surface area contributed by atoms with Crippen molar-refractivity contribution in [2.45, 2.75) is 0 Å². The van der Waals surface area contributed by atoms with Gasteiger partial charge < -0.3 is 14.4 Å². The topological polar surface area (TPSA) is 51.5 Å². The summed E-state index contributed by atoms with van der Waals surface area (Å²) in [6.45, 7) is 0. The number of carboxylic acid groups (broad SMARTS) is 1. The van der Waals surface area contributed by atoms with E-state index >= 15 is 0 Å². The maximum atomic E-state index is 11.1. The molecule has 1 N–H and O–H groups in total. The first-order valence-electron chi connectivity index (χ1n) is 4.98. The summed E-state index contributed by atoms with van der Waals surface area (Å²) in [4.78, 5) is 11.1. The molecule has 1 aromatic heterocycles. The van der Waals surface area contributed by atoms with Gasteiger partial charge in [0.25, 0.3) is 0 Å². The molecule has 0 saturated carbocycles. The Morgan fingerprint density at radius 3 is 2.78 bits per heavy atom. The molecule has 94 valence electrons. The summed E-state index contributed by atoms with van der Waals surface area (Å²) in [7, 11) is 1.55. The summed E-state index contributed by atoms with van der Waals surface area (Å²) in [6.07, 6.45) is 1.55. The van der Waals surface area contributed by atoms with Crippen LogP contribution in [0.4, 0.5) is 0 Å². The Morgan fingerprint density at radius 1 is 1.44 bits per heavy atom. The molecular weight excluding hydrogens is 321 g/mol. The molecule has 0 fully saturated rings. The van der Waals surface area contributed by atoms with Crippen molar-refractivity contribution in [3.63, 3.8) is 0 Å². The third-order valence-corrected chi connectivity index (χ3v) is 3.28. The lowest BCUT2D eigenvalue weighted by Crippen LogP contribution is -2.05. The number of rotatable bonds is 3. The molecule has 0 spiro atoms. The first kappa shape index (κ1) is 13.0.